The molecule has 0 radical (unpaired) electrons. The SMILES string of the molecule is C=C1C(c2nc3ccccc3cc2O)=C(O)c2ccccc21. The fraction of sp³-hybridized carbons (Fsp3) is 0. The summed E-state index contributed by atoms with van der Waals surface area (Å²) in [5, 5.41) is 21.7. The topological polar surface area (TPSA) is 53.4 Å². The molecule has 0 fully saturated rings. The maximum atomic E-state index is 10.5. The normalized spacial score (nSPS) is 13.7. The fourth-order valence-corrected chi connectivity index (χ4v) is 2.91. The van der Waals surface area contributed by atoms with Gasteiger partial charge in [0.1, 0.15) is 17.2 Å². The Balaban J connectivity index is 1.99. The van der Waals surface area contributed by atoms with E-state index in [1.165, 1.54) is 0 Å². The van der Waals surface area contributed by atoms with Gasteiger partial charge >= 0.3 is 0 Å². The third-order valence-corrected chi connectivity index (χ3v) is 3.99. The third kappa shape index (κ3) is 1.66. The van der Waals surface area contributed by atoms with Crippen LogP contribution in [0, 0.1) is 0 Å². The highest BCUT2D eigenvalue weighted by molar-refractivity contribution is 6.19. The van der Waals surface area contributed by atoms with Gasteiger partial charge in [-0.05, 0) is 23.3 Å². The molecule has 0 spiro atoms. The van der Waals surface area contributed by atoms with Crippen LogP contribution in [0.3, 0.4) is 0 Å². The number of rotatable bonds is 1. The summed E-state index contributed by atoms with van der Waals surface area (Å²) in [4.78, 5) is 4.51. The zero-order chi connectivity index (χ0) is 15.3. The van der Waals surface area contributed by atoms with Crippen molar-refractivity contribution < 1.29 is 10.2 Å². The summed E-state index contributed by atoms with van der Waals surface area (Å²) >= 11 is 0. The number of hydrogen-bond donors (Lipinski definition) is 2. The number of aromatic nitrogens is 1. The number of aliphatic hydroxyl groups is 1. The lowest BCUT2D eigenvalue weighted by atomic mass is 10.0. The van der Waals surface area contributed by atoms with Crippen molar-refractivity contribution in [3.05, 3.63) is 78.0 Å². The van der Waals surface area contributed by atoms with Crippen LogP contribution >= 0.6 is 0 Å². The molecular formula is C19H13NO2. The summed E-state index contributed by atoms with van der Waals surface area (Å²) < 4.78 is 0. The van der Waals surface area contributed by atoms with Crippen LogP contribution in [0.25, 0.3) is 27.8 Å². The van der Waals surface area contributed by atoms with E-state index >= 15 is 0 Å². The number of benzene rings is 2. The van der Waals surface area contributed by atoms with Gasteiger partial charge in [-0.2, -0.15) is 0 Å². The van der Waals surface area contributed by atoms with Gasteiger partial charge in [0, 0.05) is 10.9 Å². The van der Waals surface area contributed by atoms with E-state index < -0.39 is 0 Å². The molecule has 22 heavy (non-hydrogen) atoms. The standard InChI is InChI=1S/C19H13NO2/c1-11-13-7-3-4-8-14(13)19(22)17(11)18-16(21)10-12-6-2-5-9-15(12)20-18/h2-10,21-22H,1H2. The van der Waals surface area contributed by atoms with Gasteiger partial charge in [-0.25, -0.2) is 4.98 Å². The van der Waals surface area contributed by atoms with Crippen molar-refractivity contribution in [2.24, 2.45) is 0 Å². The number of fused-ring (bicyclic) bond motifs is 2. The average Bonchev–Trinajstić information content (AvgIpc) is 2.79. The van der Waals surface area contributed by atoms with Crippen LogP contribution in [0.1, 0.15) is 16.8 Å². The highest BCUT2D eigenvalue weighted by Gasteiger charge is 2.28. The van der Waals surface area contributed by atoms with Gasteiger partial charge in [-0.1, -0.05) is 49.0 Å². The van der Waals surface area contributed by atoms with E-state index in [1.807, 2.05) is 48.5 Å². The molecule has 0 unspecified atom stereocenters. The van der Waals surface area contributed by atoms with Crippen molar-refractivity contribution in [2.75, 3.05) is 0 Å². The number of para-hydroxylation sites is 1. The minimum Gasteiger partial charge on any atom is -0.507 e. The number of allylic oxidation sites excluding steroid dienone is 2. The Morgan fingerprint density at radius 3 is 2.32 bits per heavy atom. The van der Waals surface area contributed by atoms with Crippen LogP contribution in [-0.2, 0) is 0 Å². The number of aromatic hydroxyl groups is 1. The molecule has 0 bridgehead atoms. The Morgan fingerprint density at radius 1 is 0.864 bits per heavy atom. The first-order valence-electron chi connectivity index (χ1n) is 6.98. The molecule has 3 heteroatoms. The molecule has 2 aromatic carbocycles. The lowest BCUT2D eigenvalue weighted by Gasteiger charge is -2.09. The van der Waals surface area contributed by atoms with E-state index in [-0.39, 0.29) is 11.5 Å². The van der Waals surface area contributed by atoms with Crippen LogP contribution in [-0.4, -0.2) is 15.2 Å². The Hall–Kier alpha value is -3.07. The summed E-state index contributed by atoms with van der Waals surface area (Å²) in [6.07, 6.45) is 0. The van der Waals surface area contributed by atoms with Crippen LogP contribution < -0.4 is 0 Å². The molecule has 1 heterocycles. The Kier molecular flexibility index (Phi) is 2.57. The largest absolute Gasteiger partial charge is 0.507 e. The van der Waals surface area contributed by atoms with Crippen molar-refractivity contribution in [1.82, 2.24) is 4.98 Å². The van der Waals surface area contributed by atoms with E-state index in [2.05, 4.69) is 11.6 Å². The molecule has 3 aromatic rings. The van der Waals surface area contributed by atoms with Crippen LogP contribution in [0.15, 0.2) is 61.2 Å². The quantitative estimate of drug-likeness (QED) is 0.697. The monoisotopic (exact) mass is 287 g/mol. The van der Waals surface area contributed by atoms with Gasteiger partial charge < -0.3 is 10.2 Å². The second-order valence-electron chi connectivity index (χ2n) is 5.30. The average molecular weight is 287 g/mol. The van der Waals surface area contributed by atoms with E-state index in [4.69, 9.17) is 0 Å². The van der Waals surface area contributed by atoms with Gasteiger partial charge in [-0.3, -0.25) is 0 Å². The van der Waals surface area contributed by atoms with Crippen LogP contribution in [0.2, 0.25) is 0 Å². The van der Waals surface area contributed by atoms with E-state index in [0.717, 1.165) is 22.0 Å². The molecule has 0 saturated heterocycles. The van der Waals surface area contributed by atoms with Crippen LogP contribution in [0.4, 0.5) is 0 Å². The Labute approximate surface area is 127 Å². The lowest BCUT2D eigenvalue weighted by molar-refractivity contribution is 0.471. The van der Waals surface area contributed by atoms with Gasteiger partial charge in [0.25, 0.3) is 0 Å². The second-order valence-corrected chi connectivity index (χ2v) is 5.30. The van der Waals surface area contributed by atoms with Gasteiger partial charge in [0.15, 0.2) is 0 Å². The van der Waals surface area contributed by atoms with E-state index in [1.54, 1.807) is 6.07 Å². The summed E-state index contributed by atoms with van der Waals surface area (Å²) in [5.41, 5.74) is 3.87. The maximum absolute atomic E-state index is 10.5. The third-order valence-electron chi connectivity index (χ3n) is 3.99. The predicted octanol–water partition coefficient (Wildman–Crippen LogP) is 4.39. The summed E-state index contributed by atoms with van der Waals surface area (Å²) in [6, 6.07) is 16.7. The van der Waals surface area contributed by atoms with Crippen molar-refractivity contribution >= 4 is 27.8 Å². The highest BCUT2D eigenvalue weighted by atomic mass is 16.3. The van der Waals surface area contributed by atoms with Gasteiger partial charge in [0.2, 0.25) is 0 Å². The molecule has 0 atom stereocenters. The zero-order valence-electron chi connectivity index (χ0n) is 11.7. The second kappa shape index (κ2) is 4.46. The number of aliphatic hydroxyl groups excluding tert-OH is 1. The number of nitrogens with zero attached hydrogens (tertiary/aromatic N) is 1. The van der Waals surface area contributed by atoms with Gasteiger partial charge in [0.05, 0.1) is 11.1 Å². The zero-order valence-corrected chi connectivity index (χ0v) is 11.7. The molecule has 0 aliphatic heterocycles. The Morgan fingerprint density at radius 2 is 1.55 bits per heavy atom. The highest BCUT2D eigenvalue weighted by Crippen LogP contribution is 2.46. The first-order valence-corrected chi connectivity index (χ1v) is 6.98. The lowest BCUT2D eigenvalue weighted by Crippen LogP contribution is -1.92. The number of pyridine rings is 1. The summed E-state index contributed by atoms with van der Waals surface area (Å²) in [6.45, 7) is 4.06. The molecule has 4 rings (SSSR count). The maximum Gasteiger partial charge on any atom is 0.142 e. The minimum absolute atomic E-state index is 0.0363. The Bertz CT molecular complexity index is 970. The molecule has 1 aliphatic carbocycles. The molecule has 3 nitrogen and oxygen atoms in total. The van der Waals surface area contributed by atoms with E-state index in [0.29, 0.717) is 16.8 Å². The molecular weight excluding hydrogens is 274 g/mol. The van der Waals surface area contributed by atoms with Crippen molar-refractivity contribution in [2.45, 2.75) is 0 Å². The fourth-order valence-electron chi connectivity index (χ4n) is 2.91. The molecule has 1 aliphatic rings. The first-order chi connectivity index (χ1) is 10.7. The molecule has 106 valence electrons. The molecule has 0 amide bonds. The first kappa shape index (κ1) is 12.7. The van der Waals surface area contributed by atoms with E-state index in [9.17, 15) is 10.2 Å². The summed E-state index contributed by atoms with van der Waals surface area (Å²) in [5.74, 6) is 0.146. The predicted molar refractivity (Wildman–Crippen MR) is 88.3 cm³/mol. The molecule has 0 saturated carbocycles. The molecule has 1 aromatic heterocycles. The minimum atomic E-state index is 0.0363. The van der Waals surface area contributed by atoms with Crippen LogP contribution in [0.5, 0.6) is 5.75 Å². The van der Waals surface area contributed by atoms with Gasteiger partial charge in [-0.15, -0.1) is 0 Å². The number of hydrogen-bond acceptors (Lipinski definition) is 3. The van der Waals surface area contributed by atoms with Crippen molar-refractivity contribution in [1.29, 1.82) is 0 Å². The molecule has 2 N–H and O–H groups in total. The summed E-state index contributed by atoms with van der Waals surface area (Å²) in [7, 11) is 0. The van der Waals surface area contributed by atoms with Crippen molar-refractivity contribution in [3.8, 4) is 5.75 Å². The van der Waals surface area contributed by atoms with Crippen molar-refractivity contribution in [3.63, 3.8) is 0 Å². The smallest absolute Gasteiger partial charge is 0.142 e.